The molecule has 4 aromatic carbocycles. The predicted molar refractivity (Wildman–Crippen MR) is 180 cm³/mol. The SMILES string of the molecule is CCCC(CCC)(C(=O)NC(c1cccc2ccccc12)C1(O)CCC1)C(=O)NC(c1cccc2ccccc12)C1(O)CCC1. The molecule has 0 spiro atoms. The first-order valence-corrected chi connectivity index (χ1v) is 16.8. The smallest absolute Gasteiger partial charge is 0.236 e. The number of aliphatic hydroxyl groups is 2. The molecule has 0 radical (unpaired) electrons. The first kappa shape index (κ1) is 31.3. The Morgan fingerprint density at radius 3 is 1.38 bits per heavy atom. The Hall–Kier alpha value is -3.74. The third kappa shape index (κ3) is 5.64. The third-order valence-electron chi connectivity index (χ3n) is 10.6. The third-order valence-corrected chi connectivity index (χ3v) is 10.6. The number of benzene rings is 4. The summed E-state index contributed by atoms with van der Waals surface area (Å²) < 4.78 is 0. The van der Waals surface area contributed by atoms with Crippen molar-refractivity contribution >= 4 is 33.4 Å². The van der Waals surface area contributed by atoms with Crippen LogP contribution in [0.15, 0.2) is 84.9 Å². The first-order chi connectivity index (χ1) is 21.7. The number of rotatable bonds is 12. The molecule has 0 saturated heterocycles. The molecule has 2 aliphatic rings. The Balaban J connectivity index is 1.39. The van der Waals surface area contributed by atoms with Gasteiger partial charge in [-0.3, -0.25) is 9.59 Å². The summed E-state index contributed by atoms with van der Waals surface area (Å²) in [5.41, 5.74) is -1.82. The average molecular weight is 607 g/mol. The van der Waals surface area contributed by atoms with Gasteiger partial charge in [-0.15, -0.1) is 0 Å². The highest BCUT2D eigenvalue weighted by Gasteiger charge is 2.52. The van der Waals surface area contributed by atoms with E-state index in [1.807, 2.05) is 98.8 Å². The Morgan fingerprint density at radius 2 is 1.02 bits per heavy atom. The van der Waals surface area contributed by atoms with Gasteiger partial charge in [0.05, 0.1) is 23.3 Å². The van der Waals surface area contributed by atoms with E-state index in [-0.39, 0.29) is 11.8 Å². The van der Waals surface area contributed by atoms with Crippen molar-refractivity contribution in [1.82, 2.24) is 10.6 Å². The summed E-state index contributed by atoms with van der Waals surface area (Å²) in [4.78, 5) is 29.4. The Morgan fingerprint density at radius 1 is 0.644 bits per heavy atom. The molecule has 6 heteroatoms. The predicted octanol–water partition coefficient (Wildman–Crippen LogP) is 7.42. The molecule has 0 aromatic heterocycles. The lowest BCUT2D eigenvalue weighted by atomic mass is 9.69. The fourth-order valence-corrected chi connectivity index (χ4v) is 7.74. The molecular weight excluding hydrogens is 560 g/mol. The minimum Gasteiger partial charge on any atom is -0.387 e. The van der Waals surface area contributed by atoms with Gasteiger partial charge in [-0.05, 0) is 84.0 Å². The molecule has 2 atom stereocenters. The maximum absolute atomic E-state index is 14.7. The van der Waals surface area contributed by atoms with Crippen LogP contribution in [0, 0.1) is 5.41 Å². The van der Waals surface area contributed by atoms with Gasteiger partial charge in [0.1, 0.15) is 5.41 Å². The Bertz CT molecular complexity index is 1550. The molecule has 2 amide bonds. The maximum Gasteiger partial charge on any atom is 0.236 e. The summed E-state index contributed by atoms with van der Waals surface area (Å²) in [7, 11) is 0. The van der Waals surface area contributed by atoms with Gasteiger partial charge in [0, 0.05) is 0 Å². The highest BCUT2D eigenvalue weighted by atomic mass is 16.3. The zero-order chi connectivity index (χ0) is 31.7. The van der Waals surface area contributed by atoms with E-state index in [1.165, 1.54) is 0 Å². The number of fused-ring (bicyclic) bond motifs is 2. The Kier molecular flexibility index (Phi) is 8.73. The lowest BCUT2D eigenvalue weighted by molar-refractivity contribution is -0.151. The van der Waals surface area contributed by atoms with Crippen molar-refractivity contribution < 1.29 is 19.8 Å². The summed E-state index contributed by atoms with van der Waals surface area (Å²) in [6.45, 7) is 3.99. The number of hydrogen-bond acceptors (Lipinski definition) is 4. The van der Waals surface area contributed by atoms with Crippen LogP contribution in [0.5, 0.6) is 0 Å². The molecule has 4 N–H and O–H groups in total. The molecule has 236 valence electrons. The van der Waals surface area contributed by atoms with E-state index in [2.05, 4.69) is 10.6 Å². The van der Waals surface area contributed by atoms with Crippen molar-refractivity contribution in [1.29, 1.82) is 0 Å². The maximum atomic E-state index is 14.7. The fourth-order valence-electron chi connectivity index (χ4n) is 7.74. The zero-order valence-electron chi connectivity index (χ0n) is 26.5. The normalized spacial score (nSPS) is 18.4. The molecule has 6 rings (SSSR count). The van der Waals surface area contributed by atoms with Gasteiger partial charge in [0.25, 0.3) is 0 Å². The molecule has 2 aliphatic carbocycles. The molecule has 6 nitrogen and oxygen atoms in total. The lowest BCUT2D eigenvalue weighted by Crippen LogP contribution is -2.59. The van der Waals surface area contributed by atoms with Gasteiger partial charge < -0.3 is 20.8 Å². The average Bonchev–Trinajstić information content (AvgIpc) is 3.03. The second kappa shape index (κ2) is 12.6. The monoisotopic (exact) mass is 606 g/mol. The topological polar surface area (TPSA) is 98.7 Å². The lowest BCUT2D eigenvalue weighted by Gasteiger charge is -2.46. The summed E-state index contributed by atoms with van der Waals surface area (Å²) in [5.74, 6) is -0.724. The van der Waals surface area contributed by atoms with Gasteiger partial charge in [0.15, 0.2) is 0 Å². The van der Waals surface area contributed by atoms with Gasteiger partial charge in [-0.2, -0.15) is 0 Å². The van der Waals surface area contributed by atoms with Crippen LogP contribution >= 0.6 is 0 Å². The van der Waals surface area contributed by atoms with Crippen molar-refractivity contribution in [2.45, 2.75) is 101 Å². The highest BCUT2D eigenvalue weighted by Crippen LogP contribution is 2.47. The summed E-state index contributed by atoms with van der Waals surface area (Å²) in [6.07, 6.45) is 6.08. The molecule has 2 saturated carbocycles. The quantitative estimate of drug-likeness (QED) is 0.126. The minimum atomic E-state index is -1.37. The zero-order valence-corrected chi connectivity index (χ0v) is 26.5. The van der Waals surface area contributed by atoms with E-state index < -0.39 is 28.7 Å². The summed E-state index contributed by atoms with van der Waals surface area (Å²) >= 11 is 0. The molecular formula is C39H46N2O4. The van der Waals surface area contributed by atoms with Crippen molar-refractivity contribution in [2.24, 2.45) is 5.41 Å². The van der Waals surface area contributed by atoms with Gasteiger partial charge >= 0.3 is 0 Å². The fraction of sp³-hybridized carbons (Fsp3) is 0.436. The van der Waals surface area contributed by atoms with Crippen LogP contribution in [0.25, 0.3) is 21.5 Å². The van der Waals surface area contributed by atoms with Crippen LogP contribution in [0.2, 0.25) is 0 Å². The molecule has 2 unspecified atom stereocenters. The molecule has 0 heterocycles. The van der Waals surface area contributed by atoms with Crippen LogP contribution in [-0.4, -0.2) is 33.2 Å². The molecule has 2 fully saturated rings. The second-order valence-corrected chi connectivity index (χ2v) is 13.4. The Labute approximate surface area is 266 Å². The van der Waals surface area contributed by atoms with Crippen molar-refractivity contribution in [2.75, 3.05) is 0 Å². The van der Waals surface area contributed by atoms with Crippen molar-refractivity contribution in [3.05, 3.63) is 96.1 Å². The number of carbonyl (C=O) groups excluding carboxylic acids is 2. The first-order valence-electron chi connectivity index (χ1n) is 16.8. The van der Waals surface area contributed by atoms with E-state index in [1.54, 1.807) is 0 Å². The second-order valence-electron chi connectivity index (χ2n) is 13.4. The van der Waals surface area contributed by atoms with E-state index >= 15 is 0 Å². The minimum absolute atomic E-state index is 0.361. The van der Waals surface area contributed by atoms with E-state index in [0.717, 1.165) is 45.5 Å². The number of carbonyl (C=O) groups is 2. The van der Waals surface area contributed by atoms with Crippen LogP contribution in [0.1, 0.15) is 101 Å². The standard InChI is InChI=1S/C39H46N2O4/c1-3-21-37(22-4-2,35(42)40-33(38(44)23-11-24-38)31-19-9-15-27-13-5-7-17-29(27)31)36(43)41-34(39(45)25-12-26-39)32-20-10-16-28-14-6-8-18-30(28)32/h5-10,13-20,33-34,44-45H,3-4,11-12,21-26H2,1-2H3,(H,40,42)(H,41,43). The molecule has 4 aromatic rings. The van der Waals surface area contributed by atoms with Gasteiger partial charge in [0.2, 0.25) is 11.8 Å². The van der Waals surface area contributed by atoms with E-state index in [9.17, 15) is 19.8 Å². The van der Waals surface area contributed by atoms with Crippen LogP contribution in [0.4, 0.5) is 0 Å². The van der Waals surface area contributed by atoms with E-state index in [4.69, 9.17) is 0 Å². The van der Waals surface area contributed by atoms with Crippen LogP contribution in [0.3, 0.4) is 0 Å². The molecule has 0 aliphatic heterocycles. The van der Waals surface area contributed by atoms with Crippen molar-refractivity contribution in [3.63, 3.8) is 0 Å². The van der Waals surface area contributed by atoms with Crippen LogP contribution < -0.4 is 10.6 Å². The van der Waals surface area contributed by atoms with Gasteiger partial charge in [-0.25, -0.2) is 0 Å². The highest BCUT2D eigenvalue weighted by molar-refractivity contribution is 6.05. The van der Waals surface area contributed by atoms with Crippen molar-refractivity contribution in [3.8, 4) is 0 Å². The summed E-state index contributed by atoms with van der Waals surface area (Å²) in [6, 6.07) is 26.7. The largest absolute Gasteiger partial charge is 0.387 e. The van der Waals surface area contributed by atoms with Crippen LogP contribution in [-0.2, 0) is 9.59 Å². The molecule has 0 bridgehead atoms. The number of nitrogens with one attached hydrogen (secondary N) is 2. The van der Waals surface area contributed by atoms with Gasteiger partial charge in [-0.1, -0.05) is 112 Å². The summed E-state index contributed by atoms with van der Waals surface area (Å²) in [5, 5.41) is 34.1. The number of hydrogen-bond donors (Lipinski definition) is 4. The number of amides is 2. The van der Waals surface area contributed by atoms with E-state index in [0.29, 0.717) is 51.4 Å². The molecule has 45 heavy (non-hydrogen) atoms.